The molecule has 0 bridgehead atoms. The topological polar surface area (TPSA) is 137 Å². The predicted octanol–water partition coefficient (Wildman–Crippen LogP) is 6.67. The number of hydrogen-bond donors (Lipinski definition) is 3. The number of ether oxygens (including phenoxy) is 4. The van der Waals surface area contributed by atoms with Crippen LogP contribution in [-0.2, 0) is 20.9 Å². The fourth-order valence-corrected chi connectivity index (χ4v) is 6.49. The van der Waals surface area contributed by atoms with E-state index in [4.69, 9.17) is 18.9 Å². The molecule has 1 atom stereocenters. The zero-order chi connectivity index (χ0) is 34.2. The highest BCUT2D eigenvalue weighted by Gasteiger charge is 2.32. The van der Waals surface area contributed by atoms with Gasteiger partial charge in [-0.05, 0) is 104 Å². The standard InChI is InChI=1S/C35H32Br2N4O7/c1-4-46-34(43)31-20(2)39-35(44)40-32(31)25-11-12-28(29(16-25)45-3)47-19-30(42)41-38-17-22-14-26(36)33(27(37)15-22)48-18-21-9-10-23-7-5-6-8-24(23)13-21/h5-17,32H,4,18-19H2,1-3H3,(H,41,42)(H2,39,40,44)/b38-17-/t32-/m1/s1. The molecule has 0 fully saturated rings. The summed E-state index contributed by atoms with van der Waals surface area (Å²) < 4.78 is 23.9. The van der Waals surface area contributed by atoms with Crippen LogP contribution in [0.25, 0.3) is 10.8 Å². The normalized spacial score (nSPS) is 14.4. The fraction of sp³-hybridized carbons (Fsp3) is 0.200. The number of carbonyl (C=O) groups is 3. The van der Waals surface area contributed by atoms with Gasteiger partial charge in [0.05, 0.1) is 40.5 Å². The summed E-state index contributed by atoms with van der Waals surface area (Å²) in [6.07, 6.45) is 1.50. The number of urea groups is 1. The summed E-state index contributed by atoms with van der Waals surface area (Å²) in [5.74, 6) is 0.175. The Morgan fingerprint density at radius 2 is 1.71 bits per heavy atom. The highest BCUT2D eigenvalue weighted by molar-refractivity contribution is 9.11. The number of nitrogens with zero attached hydrogens (tertiary/aromatic N) is 1. The van der Waals surface area contributed by atoms with Crippen molar-refractivity contribution in [1.82, 2.24) is 16.1 Å². The molecule has 3 N–H and O–H groups in total. The van der Waals surface area contributed by atoms with Crippen molar-refractivity contribution in [1.29, 1.82) is 0 Å². The molecular formula is C35H32Br2N4O7. The van der Waals surface area contributed by atoms with Gasteiger partial charge in [0.2, 0.25) is 0 Å². The Morgan fingerprint density at radius 1 is 0.958 bits per heavy atom. The minimum Gasteiger partial charge on any atom is -0.493 e. The van der Waals surface area contributed by atoms with Crippen LogP contribution < -0.4 is 30.3 Å². The van der Waals surface area contributed by atoms with Crippen LogP contribution in [0.4, 0.5) is 4.79 Å². The van der Waals surface area contributed by atoms with Crippen LogP contribution in [0, 0.1) is 0 Å². The van der Waals surface area contributed by atoms with Crippen molar-refractivity contribution in [2.75, 3.05) is 20.3 Å². The molecule has 4 aromatic carbocycles. The second-order valence-electron chi connectivity index (χ2n) is 10.6. The van der Waals surface area contributed by atoms with Crippen molar-refractivity contribution < 1.29 is 33.3 Å². The Kier molecular flexibility index (Phi) is 11.3. The number of amides is 3. The molecule has 1 heterocycles. The first-order valence-electron chi connectivity index (χ1n) is 14.8. The Bertz CT molecular complexity index is 1910. The van der Waals surface area contributed by atoms with Crippen molar-refractivity contribution in [3.8, 4) is 17.2 Å². The number of benzene rings is 4. The molecule has 0 radical (unpaired) electrons. The van der Waals surface area contributed by atoms with Crippen LogP contribution in [0.1, 0.15) is 36.6 Å². The van der Waals surface area contributed by atoms with Gasteiger partial charge in [-0.3, -0.25) is 4.79 Å². The summed E-state index contributed by atoms with van der Waals surface area (Å²) in [6, 6.07) is 21.7. The van der Waals surface area contributed by atoms with Crippen LogP contribution in [0.5, 0.6) is 17.2 Å². The Hall–Kier alpha value is -4.88. The van der Waals surface area contributed by atoms with Crippen LogP contribution in [0.3, 0.4) is 0 Å². The van der Waals surface area contributed by atoms with Gasteiger partial charge in [0.15, 0.2) is 18.1 Å². The highest BCUT2D eigenvalue weighted by Crippen LogP contribution is 2.36. The molecule has 48 heavy (non-hydrogen) atoms. The molecule has 0 unspecified atom stereocenters. The third-order valence-corrected chi connectivity index (χ3v) is 8.44. The third-order valence-electron chi connectivity index (χ3n) is 7.26. The van der Waals surface area contributed by atoms with E-state index in [1.165, 1.54) is 18.7 Å². The summed E-state index contributed by atoms with van der Waals surface area (Å²) in [7, 11) is 1.45. The molecule has 5 rings (SSSR count). The number of fused-ring (bicyclic) bond motifs is 1. The minimum atomic E-state index is -0.774. The maximum absolute atomic E-state index is 12.6. The molecule has 1 aliphatic heterocycles. The molecule has 1 aliphatic rings. The molecule has 13 heteroatoms. The van der Waals surface area contributed by atoms with Crippen LogP contribution in [0.15, 0.2) is 98.1 Å². The van der Waals surface area contributed by atoms with Crippen molar-refractivity contribution in [2.24, 2.45) is 5.10 Å². The van der Waals surface area contributed by atoms with Gasteiger partial charge in [-0.25, -0.2) is 15.0 Å². The maximum atomic E-state index is 12.6. The van der Waals surface area contributed by atoms with Crippen molar-refractivity contribution in [3.05, 3.63) is 110 Å². The van der Waals surface area contributed by atoms with Gasteiger partial charge in [0.25, 0.3) is 5.91 Å². The summed E-state index contributed by atoms with van der Waals surface area (Å²) in [5, 5.41) is 11.7. The lowest BCUT2D eigenvalue weighted by molar-refractivity contribution is -0.139. The van der Waals surface area contributed by atoms with Gasteiger partial charge in [-0.15, -0.1) is 0 Å². The lowest BCUT2D eigenvalue weighted by Crippen LogP contribution is -2.45. The van der Waals surface area contributed by atoms with Gasteiger partial charge in [-0.2, -0.15) is 5.10 Å². The highest BCUT2D eigenvalue weighted by atomic mass is 79.9. The zero-order valence-electron chi connectivity index (χ0n) is 26.3. The smallest absolute Gasteiger partial charge is 0.338 e. The van der Waals surface area contributed by atoms with Gasteiger partial charge in [0, 0.05) is 5.70 Å². The second kappa shape index (κ2) is 15.8. The first-order valence-corrected chi connectivity index (χ1v) is 16.4. The van der Waals surface area contributed by atoms with Gasteiger partial charge in [-0.1, -0.05) is 42.5 Å². The number of rotatable bonds is 12. The van der Waals surface area contributed by atoms with Gasteiger partial charge < -0.3 is 29.6 Å². The van der Waals surface area contributed by atoms with E-state index in [-0.39, 0.29) is 24.5 Å². The van der Waals surface area contributed by atoms with E-state index in [1.54, 1.807) is 32.0 Å². The monoisotopic (exact) mass is 778 g/mol. The lowest BCUT2D eigenvalue weighted by atomic mass is 9.95. The molecule has 248 valence electrons. The average Bonchev–Trinajstić information content (AvgIpc) is 3.06. The number of halogens is 2. The average molecular weight is 780 g/mol. The SMILES string of the molecule is CCOC(=O)C1=C(C)NC(=O)N[C@@H]1c1ccc(OCC(=O)N/N=C\c2cc(Br)c(OCc3ccc4ccccc4c3)c(Br)c2)c(OC)c1. The largest absolute Gasteiger partial charge is 0.493 e. The Labute approximate surface area is 293 Å². The third kappa shape index (κ3) is 8.33. The molecular weight excluding hydrogens is 748 g/mol. The number of hydrazone groups is 1. The first kappa shape index (κ1) is 34.5. The number of methoxy groups -OCH3 is 1. The maximum Gasteiger partial charge on any atom is 0.338 e. The van der Waals surface area contributed by atoms with E-state index in [0.717, 1.165) is 10.9 Å². The first-order chi connectivity index (χ1) is 23.2. The molecule has 11 nitrogen and oxygen atoms in total. The number of allylic oxidation sites excluding steroid dienone is 1. The zero-order valence-corrected chi connectivity index (χ0v) is 29.4. The number of carbonyl (C=O) groups excluding carboxylic acids is 3. The van der Waals surface area contributed by atoms with Gasteiger partial charge >= 0.3 is 12.0 Å². The van der Waals surface area contributed by atoms with E-state index in [9.17, 15) is 14.4 Å². The van der Waals surface area contributed by atoms with E-state index in [0.29, 0.717) is 43.9 Å². The van der Waals surface area contributed by atoms with Crippen molar-refractivity contribution >= 4 is 66.8 Å². The van der Waals surface area contributed by atoms with Crippen molar-refractivity contribution in [3.63, 3.8) is 0 Å². The minimum absolute atomic E-state index is 0.183. The number of hydrogen-bond acceptors (Lipinski definition) is 8. The predicted molar refractivity (Wildman–Crippen MR) is 188 cm³/mol. The molecule has 0 saturated carbocycles. The van der Waals surface area contributed by atoms with Crippen LogP contribution >= 0.6 is 31.9 Å². The molecule has 3 amide bonds. The summed E-state index contributed by atoms with van der Waals surface area (Å²) >= 11 is 7.13. The van der Waals surface area contributed by atoms with Crippen LogP contribution in [0.2, 0.25) is 0 Å². The van der Waals surface area contributed by atoms with E-state index < -0.39 is 23.9 Å². The second-order valence-corrected chi connectivity index (χ2v) is 12.3. The Morgan fingerprint density at radius 3 is 2.44 bits per heavy atom. The van der Waals surface area contributed by atoms with E-state index in [2.05, 4.69) is 77.3 Å². The summed E-state index contributed by atoms with van der Waals surface area (Å²) in [4.78, 5) is 37.3. The van der Waals surface area contributed by atoms with Crippen LogP contribution in [-0.4, -0.2) is 44.4 Å². The fourth-order valence-electron chi connectivity index (χ4n) is 5.04. The molecule has 0 spiro atoms. The van der Waals surface area contributed by atoms with E-state index in [1.807, 2.05) is 30.3 Å². The molecule has 0 saturated heterocycles. The Balaban J connectivity index is 1.17. The summed E-state index contributed by atoms with van der Waals surface area (Å²) in [6.45, 7) is 3.55. The quantitative estimate of drug-likeness (QED) is 0.0830. The number of esters is 1. The summed E-state index contributed by atoms with van der Waals surface area (Å²) in [5.41, 5.74) is 5.42. The van der Waals surface area contributed by atoms with E-state index >= 15 is 0 Å². The van der Waals surface area contributed by atoms with Crippen molar-refractivity contribution in [2.45, 2.75) is 26.5 Å². The molecule has 0 aliphatic carbocycles. The number of nitrogens with one attached hydrogen (secondary N) is 3. The molecule has 4 aromatic rings. The molecule has 0 aromatic heterocycles. The lowest BCUT2D eigenvalue weighted by Gasteiger charge is -2.28. The van der Waals surface area contributed by atoms with Gasteiger partial charge in [0.1, 0.15) is 12.4 Å².